The van der Waals surface area contributed by atoms with Crippen LogP contribution in [0.2, 0.25) is 0 Å². The summed E-state index contributed by atoms with van der Waals surface area (Å²) >= 11 is 0. The Balaban J connectivity index is 2.27. The van der Waals surface area contributed by atoms with Crippen molar-refractivity contribution < 1.29 is 9.78 Å². The van der Waals surface area contributed by atoms with Gasteiger partial charge in [-0.05, 0) is 31.4 Å². The summed E-state index contributed by atoms with van der Waals surface area (Å²) in [5.74, 6) is 0.868. The number of rotatable bonds is 10. The Morgan fingerprint density at radius 3 is 2.39 bits per heavy atom. The maximum absolute atomic E-state index is 5.28. The van der Waals surface area contributed by atoms with Crippen LogP contribution in [-0.2, 0) is 11.3 Å². The summed E-state index contributed by atoms with van der Waals surface area (Å²) in [4.78, 5) is 10.3. The van der Waals surface area contributed by atoms with Crippen LogP contribution in [-0.4, -0.2) is 6.61 Å². The van der Waals surface area contributed by atoms with E-state index < -0.39 is 0 Å². The van der Waals surface area contributed by atoms with Crippen molar-refractivity contribution in [3.63, 3.8) is 0 Å². The van der Waals surface area contributed by atoms with Gasteiger partial charge in [0.1, 0.15) is 0 Å². The lowest BCUT2D eigenvalue weighted by Gasteiger charge is -2.09. The molecule has 0 unspecified atom stereocenters. The fourth-order valence-corrected chi connectivity index (χ4v) is 2.01. The van der Waals surface area contributed by atoms with Gasteiger partial charge in [0.05, 0.1) is 6.61 Å². The van der Waals surface area contributed by atoms with Gasteiger partial charge in [-0.1, -0.05) is 57.2 Å². The van der Waals surface area contributed by atoms with Gasteiger partial charge in [0.25, 0.3) is 0 Å². The number of aryl methyl sites for hydroxylation is 1. The molecule has 0 bridgehead atoms. The normalized spacial score (nSPS) is 10.6. The molecule has 0 aromatic heterocycles. The first-order valence-corrected chi connectivity index (χ1v) is 7.25. The molecule has 0 N–H and O–H groups in total. The summed E-state index contributed by atoms with van der Waals surface area (Å²) in [6.07, 6.45) is 9.01. The lowest BCUT2D eigenvalue weighted by molar-refractivity contribution is -0.202. The van der Waals surface area contributed by atoms with Crippen molar-refractivity contribution in [2.24, 2.45) is 0 Å². The Bertz CT molecular complexity index is 310. The van der Waals surface area contributed by atoms with E-state index >= 15 is 0 Å². The molecular formula is C16H26O2. The summed E-state index contributed by atoms with van der Waals surface area (Å²) in [5.41, 5.74) is 1.25. The third kappa shape index (κ3) is 6.06. The van der Waals surface area contributed by atoms with E-state index in [0.717, 1.165) is 12.2 Å². The second-order valence-electron chi connectivity index (χ2n) is 4.62. The van der Waals surface area contributed by atoms with E-state index in [4.69, 9.17) is 9.78 Å². The predicted molar refractivity (Wildman–Crippen MR) is 75.8 cm³/mol. The van der Waals surface area contributed by atoms with Crippen LogP contribution >= 0.6 is 0 Å². The standard InChI is InChI=1S/C16H26O2/c1-3-5-6-7-8-9-12-15-13-10-11-14-16(15)18-17-4-2/h10-11,13-14H,3-9,12H2,1-2H3. The SMILES string of the molecule is CCCCCCCCc1ccccc1OOCC. The van der Waals surface area contributed by atoms with E-state index in [1.165, 1.54) is 44.1 Å². The molecule has 0 fully saturated rings. The first-order chi connectivity index (χ1) is 8.88. The fraction of sp³-hybridized carbons (Fsp3) is 0.625. The summed E-state index contributed by atoms with van der Waals surface area (Å²) in [7, 11) is 0. The quantitative estimate of drug-likeness (QED) is 0.333. The molecule has 0 amide bonds. The molecule has 0 aliphatic carbocycles. The molecular weight excluding hydrogens is 224 g/mol. The summed E-state index contributed by atoms with van der Waals surface area (Å²) < 4.78 is 0. The molecule has 1 aromatic carbocycles. The van der Waals surface area contributed by atoms with Crippen molar-refractivity contribution >= 4 is 0 Å². The molecule has 2 nitrogen and oxygen atoms in total. The maximum atomic E-state index is 5.28. The zero-order valence-electron chi connectivity index (χ0n) is 11.8. The first-order valence-electron chi connectivity index (χ1n) is 7.25. The highest BCUT2D eigenvalue weighted by Crippen LogP contribution is 2.21. The van der Waals surface area contributed by atoms with Gasteiger partial charge in [0.2, 0.25) is 0 Å². The largest absolute Gasteiger partial charge is 0.337 e. The molecule has 1 aromatic rings. The fourth-order valence-electron chi connectivity index (χ4n) is 2.01. The number of unbranched alkanes of at least 4 members (excludes halogenated alkanes) is 5. The molecule has 2 heteroatoms. The van der Waals surface area contributed by atoms with Crippen molar-refractivity contribution in [1.29, 1.82) is 0 Å². The molecule has 1 rings (SSSR count). The second kappa shape index (κ2) is 9.95. The van der Waals surface area contributed by atoms with Gasteiger partial charge in [-0.25, -0.2) is 0 Å². The lowest BCUT2D eigenvalue weighted by Crippen LogP contribution is -1.99. The van der Waals surface area contributed by atoms with Crippen molar-refractivity contribution in [3.8, 4) is 5.75 Å². The lowest BCUT2D eigenvalue weighted by atomic mass is 10.0. The molecule has 18 heavy (non-hydrogen) atoms. The van der Waals surface area contributed by atoms with E-state index in [2.05, 4.69) is 19.1 Å². The average molecular weight is 250 g/mol. The Morgan fingerprint density at radius 2 is 1.61 bits per heavy atom. The highest BCUT2D eigenvalue weighted by Gasteiger charge is 2.03. The van der Waals surface area contributed by atoms with Gasteiger partial charge >= 0.3 is 0 Å². The minimum atomic E-state index is 0.575. The van der Waals surface area contributed by atoms with Gasteiger partial charge in [0, 0.05) is 0 Å². The molecule has 0 aliphatic heterocycles. The molecule has 0 atom stereocenters. The molecule has 0 saturated carbocycles. The Morgan fingerprint density at radius 1 is 0.889 bits per heavy atom. The number of para-hydroxylation sites is 1. The number of hydrogen-bond acceptors (Lipinski definition) is 2. The predicted octanol–water partition coefficient (Wildman–Crippen LogP) is 4.92. The van der Waals surface area contributed by atoms with Crippen LogP contribution in [0.15, 0.2) is 24.3 Å². The van der Waals surface area contributed by atoms with E-state index in [0.29, 0.717) is 6.61 Å². The third-order valence-electron chi connectivity index (χ3n) is 3.04. The van der Waals surface area contributed by atoms with Crippen LogP contribution in [0, 0.1) is 0 Å². The summed E-state index contributed by atoms with van der Waals surface area (Å²) in [6, 6.07) is 8.15. The average Bonchev–Trinajstić information content (AvgIpc) is 2.41. The van der Waals surface area contributed by atoms with Crippen molar-refractivity contribution in [2.75, 3.05) is 6.61 Å². The van der Waals surface area contributed by atoms with Gasteiger partial charge in [-0.3, -0.25) is 0 Å². The third-order valence-corrected chi connectivity index (χ3v) is 3.04. The van der Waals surface area contributed by atoms with Gasteiger partial charge < -0.3 is 4.89 Å². The van der Waals surface area contributed by atoms with Crippen LogP contribution < -0.4 is 4.89 Å². The Labute approximate surface area is 111 Å². The summed E-state index contributed by atoms with van der Waals surface area (Å²) in [6.45, 7) is 4.75. The van der Waals surface area contributed by atoms with Crippen molar-refractivity contribution in [1.82, 2.24) is 0 Å². The Hall–Kier alpha value is -1.02. The second-order valence-corrected chi connectivity index (χ2v) is 4.62. The summed E-state index contributed by atoms with van der Waals surface area (Å²) in [5, 5.41) is 0. The van der Waals surface area contributed by atoms with E-state index in [9.17, 15) is 0 Å². The van der Waals surface area contributed by atoms with Crippen LogP contribution in [0.4, 0.5) is 0 Å². The monoisotopic (exact) mass is 250 g/mol. The van der Waals surface area contributed by atoms with Crippen LogP contribution in [0.25, 0.3) is 0 Å². The Kier molecular flexibility index (Phi) is 8.32. The molecule has 0 heterocycles. The minimum absolute atomic E-state index is 0.575. The number of benzene rings is 1. The molecule has 0 radical (unpaired) electrons. The number of hydrogen-bond donors (Lipinski definition) is 0. The first kappa shape index (κ1) is 15.0. The topological polar surface area (TPSA) is 18.5 Å². The van der Waals surface area contributed by atoms with Crippen LogP contribution in [0.5, 0.6) is 5.75 Å². The van der Waals surface area contributed by atoms with Gasteiger partial charge in [-0.2, -0.15) is 4.89 Å². The molecule has 0 spiro atoms. The smallest absolute Gasteiger partial charge is 0.168 e. The maximum Gasteiger partial charge on any atom is 0.168 e. The van der Waals surface area contributed by atoms with Crippen molar-refractivity contribution in [2.45, 2.75) is 58.8 Å². The highest BCUT2D eigenvalue weighted by molar-refractivity contribution is 5.32. The molecule has 0 aliphatic rings. The van der Waals surface area contributed by atoms with Crippen molar-refractivity contribution in [3.05, 3.63) is 29.8 Å². The molecule has 102 valence electrons. The zero-order valence-corrected chi connectivity index (χ0v) is 11.8. The van der Waals surface area contributed by atoms with E-state index in [1.54, 1.807) is 0 Å². The van der Waals surface area contributed by atoms with Gasteiger partial charge in [-0.15, -0.1) is 0 Å². The van der Waals surface area contributed by atoms with Gasteiger partial charge in [0.15, 0.2) is 5.75 Å². The van der Waals surface area contributed by atoms with Crippen LogP contribution in [0.3, 0.4) is 0 Å². The van der Waals surface area contributed by atoms with Crippen LogP contribution in [0.1, 0.15) is 57.9 Å². The zero-order chi connectivity index (χ0) is 13.1. The highest BCUT2D eigenvalue weighted by atomic mass is 17.2. The minimum Gasteiger partial charge on any atom is -0.337 e. The molecule has 0 saturated heterocycles. The van der Waals surface area contributed by atoms with E-state index in [1.807, 2.05) is 19.1 Å². The van der Waals surface area contributed by atoms with E-state index in [-0.39, 0.29) is 0 Å².